The maximum Gasteiger partial charge on any atom is 0.255 e. The van der Waals surface area contributed by atoms with Gasteiger partial charge in [-0.25, -0.2) is 4.98 Å². The van der Waals surface area contributed by atoms with E-state index < -0.39 is 5.60 Å². The second kappa shape index (κ2) is 8.71. The second-order valence-electron chi connectivity index (χ2n) is 11.2. The maximum atomic E-state index is 13.0. The standard InChI is InChI=1S/C30H30N6O3/c1-17(37)25-26(20-13-21-8-9-22(14-20)35(21)29(38)30(39)11-12-30)34-28-23(16-33-36(28)27(25)31)19-7-10-24(32-15-19)18-5-3-2-4-6-18/h2-7,10,15-16,20-22,39H,8-9,11-14,31H2,1H3/t21-,22-/m1/s1. The first-order valence-corrected chi connectivity index (χ1v) is 13.6. The Balaban J connectivity index is 1.26. The number of hydrogen-bond donors (Lipinski definition) is 2. The third-order valence-corrected chi connectivity index (χ3v) is 8.68. The monoisotopic (exact) mass is 522 g/mol. The summed E-state index contributed by atoms with van der Waals surface area (Å²) >= 11 is 0. The molecular weight excluding hydrogens is 492 g/mol. The number of nitrogens with two attached hydrogens (primary N) is 1. The summed E-state index contributed by atoms with van der Waals surface area (Å²) in [5.74, 6) is -0.0256. The molecule has 1 saturated carbocycles. The summed E-state index contributed by atoms with van der Waals surface area (Å²) < 4.78 is 1.54. The number of nitrogen functional groups attached to an aromatic ring is 1. The molecule has 2 bridgehead atoms. The molecule has 198 valence electrons. The minimum Gasteiger partial charge on any atom is -0.383 e. The number of aromatic nitrogens is 4. The zero-order chi connectivity index (χ0) is 26.9. The van der Waals surface area contributed by atoms with Gasteiger partial charge < -0.3 is 15.7 Å². The average molecular weight is 523 g/mol. The van der Waals surface area contributed by atoms with Crippen LogP contribution in [0.15, 0.2) is 54.9 Å². The van der Waals surface area contributed by atoms with Gasteiger partial charge in [-0.3, -0.25) is 14.6 Å². The van der Waals surface area contributed by atoms with Crippen LogP contribution in [0.25, 0.3) is 28.0 Å². The Hall–Kier alpha value is -4.11. The SMILES string of the molecule is CC(=O)c1c(C2C[C@H]3CC[C@H](C2)N3C(=O)C2(O)CC2)nc2c(-c3ccc(-c4ccccc4)nc3)cnn2c1N. The van der Waals surface area contributed by atoms with Gasteiger partial charge in [0.25, 0.3) is 5.91 Å². The number of amides is 1. The Morgan fingerprint density at radius 2 is 1.72 bits per heavy atom. The fourth-order valence-corrected chi connectivity index (χ4v) is 6.53. The molecule has 3 N–H and O–H groups in total. The zero-order valence-corrected chi connectivity index (χ0v) is 21.7. The Bertz CT molecular complexity index is 1600. The van der Waals surface area contributed by atoms with Crippen LogP contribution in [0.2, 0.25) is 0 Å². The number of fused-ring (bicyclic) bond motifs is 3. The van der Waals surface area contributed by atoms with Gasteiger partial charge in [0, 0.05) is 40.9 Å². The van der Waals surface area contributed by atoms with Gasteiger partial charge in [-0.05, 0) is 51.5 Å². The Morgan fingerprint density at radius 1 is 1.00 bits per heavy atom. The van der Waals surface area contributed by atoms with Crippen LogP contribution in [0.4, 0.5) is 5.82 Å². The highest BCUT2D eigenvalue weighted by Gasteiger charge is 2.55. The Morgan fingerprint density at radius 3 is 2.33 bits per heavy atom. The van der Waals surface area contributed by atoms with Crippen molar-refractivity contribution in [1.82, 2.24) is 24.5 Å². The first kappa shape index (κ1) is 24.0. The quantitative estimate of drug-likeness (QED) is 0.379. The van der Waals surface area contributed by atoms with Gasteiger partial charge in [0.05, 0.1) is 23.1 Å². The van der Waals surface area contributed by atoms with Crippen LogP contribution in [-0.2, 0) is 4.79 Å². The molecule has 1 aliphatic carbocycles. The predicted molar refractivity (Wildman–Crippen MR) is 146 cm³/mol. The molecule has 2 saturated heterocycles. The van der Waals surface area contributed by atoms with Crippen molar-refractivity contribution in [1.29, 1.82) is 0 Å². The molecule has 4 aromatic rings. The number of piperidine rings is 1. The number of rotatable bonds is 5. The molecule has 2 aliphatic heterocycles. The first-order chi connectivity index (χ1) is 18.8. The van der Waals surface area contributed by atoms with Crippen LogP contribution in [-0.4, -0.2) is 59.0 Å². The summed E-state index contributed by atoms with van der Waals surface area (Å²) in [4.78, 5) is 37.5. The molecule has 1 amide bonds. The molecule has 3 fully saturated rings. The van der Waals surface area contributed by atoms with Gasteiger partial charge in [-0.15, -0.1) is 0 Å². The van der Waals surface area contributed by atoms with Gasteiger partial charge >= 0.3 is 0 Å². The third kappa shape index (κ3) is 3.83. The summed E-state index contributed by atoms with van der Waals surface area (Å²) in [6.45, 7) is 1.51. The van der Waals surface area contributed by atoms with E-state index in [-0.39, 0.29) is 35.5 Å². The third-order valence-electron chi connectivity index (χ3n) is 8.68. The molecule has 3 aliphatic rings. The van der Waals surface area contributed by atoms with Crippen molar-refractivity contribution in [3.8, 4) is 22.4 Å². The van der Waals surface area contributed by atoms with E-state index in [0.29, 0.717) is 42.6 Å². The smallest absolute Gasteiger partial charge is 0.255 e. The topological polar surface area (TPSA) is 127 Å². The minimum absolute atomic E-state index is 0.0204. The van der Waals surface area contributed by atoms with Crippen molar-refractivity contribution in [3.63, 3.8) is 0 Å². The molecule has 5 heterocycles. The molecule has 3 aromatic heterocycles. The number of benzene rings is 1. The van der Waals surface area contributed by atoms with Crippen LogP contribution < -0.4 is 5.73 Å². The average Bonchev–Trinajstić information content (AvgIpc) is 3.46. The van der Waals surface area contributed by atoms with Crippen molar-refractivity contribution in [2.75, 3.05) is 5.73 Å². The summed E-state index contributed by atoms with van der Waals surface area (Å²) in [6, 6.07) is 14.0. The highest BCUT2D eigenvalue weighted by molar-refractivity contribution is 6.00. The fraction of sp³-hybridized carbons (Fsp3) is 0.367. The van der Waals surface area contributed by atoms with Gasteiger partial charge in [0.15, 0.2) is 11.4 Å². The van der Waals surface area contributed by atoms with E-state index in [2.05, 4.69) is 10.1 Å². The number of ketones is 1. The number of pyridine rings is 1. The van der Waals surface area contributed by atoms with E-state index in [1.807, 2.05) is 53.6 Å². The molecule has 7 rings (SSSR count). The van der Waals surface area contributed by atoms with Crippen LogP contribution >= 0.6 is 0 Å². The summed E-state index contributed by atoms with van der Waals surface area (Å²) in [6.07, 6.45) is 7.78. The molecule has 0 unspecified atom stereocenters. The van der Waals surface area contributed by atoms with Gasteiger partial charge in [-0.2, -0.15) is 9.61 Å². The summed E-state index contributed by atoms with van der Waals surface area (Å²) in [5.41, 5.74) is 10.6. The van der Waals surface area contributed by atoms with Gasteiger partial charge in [-0.1, -0.05) is 36.4 Å². The zero-order valence-electron chi connectivity index (χ0n) is 21.7. The van der Waals surface area contributed by atoms with Crippen molar-refractivity contribution in [2.45, 2.75) is 69.1 Å². The van der Waals surface area contributed by atoms with Crippen LogP contribution in [0.1, 0.15) is 67.4 Å². The molecule has 9 nitrogen and oxygen atoms in total. The number of hydrogen-bond acceptors (Lipinski definition) is 7. The van der Waals surface area contributed by atoms with E-state index >= 15 is 0 Å². The lowest BCUT2D eigenvalue weighted by molar-refractivity contribution is -0.147. The Labute approximate surface area is 225 Å². The van der Waals surface area contributed by atoms with Crippen molar-refractivity contribution in [2.24, 2.45) is 0 Å². The largest absolute Gasteiger partial charge is 0.383 e. The first-order valence-electron chi connectivity index (χ1n) is 13.6. The van der Waals surface area contributed by atoms with Crippen LogP contribution in [0, 0.1) is 0 Å². The van der Waals surface area contributed by atoms with Crippen molar-refractivity contribution < 1.29 is 14.7 Å². The lowest BCUT2D eigenvalue weighted by atomic mass is 9.85. The maximum absolute atomic E-state index is 13.0. The molecule has 0 spiro atoms. The van der Waals surface area contributed by atoms with Crippen molar-refractivity contribution >= 4 is 23.2 Å². The number of carbonyl (C=O) groups is 2. The summed E-state index contributed by atoms with van der Waals surface area (Å²) in [7, 11) is 0. The van der Waals surface area contributed by atoms with Crippen LogP contribution in [0.3, 0.4) is 0 Å². The molecular formula is C30H30N6O3. The van der Waals surface area contributed by atoms with E-state index in [0.717, 1.165) is 35.2 Å². The van der Waals surface area contributed by atoms with E-state index in [4.69, 9.17) is 10.7 Å². The fourth-order valence-electron chi connectivity index (χ4n) is 6.53. The molecule has 9 heteroatoms. The van der Waals surface area contributed by atoms with Crippen LogP contribution in [0.5, 0.6) is 0 Å². The van der Waals surface area contributed by atoms with Crippen molar-refractivity contribution in [3.05, 3.63) is 66.1 Å². The molecule has 0 radical (unpaired) electrons. The number of Topliss-reactive ketones (excluding diaryl/α,β-unsaturated/α-hetero) is 1. The molecule has 1 aromatic carbocycles. The van der Waals surface area contributed by atoms with E-state index in [1.165, 1.54) is 11.4 Å². The minimum atomic E-state index is -1.17. The number of carbonyl (C=O) groups excluding carboxylic acids is 2. The van der Waals surface area contributed by atoms with E-state index in [9.17, 15) is 14.7 Å². The number of nitrogens with zero attached hydrogens (tertiary/aromatic N) is 5. The lowest BCUT2D eigenvalue weighted by Gasteiger charge is -2.40. The predicted octanol–water partition coefficient (Wildman–Crippen LogP) is 4.01. The molecule has 39 heavy (non-hydrogen) atoms. The second-order valence-corrected chi connectivity index (χ2v) is 11.2. The normalized spacial score (nSPS) is 23.2. The van der Waals surface area contributed by atoms with Gasteiger partial charge in [0.2, 0.25) is 0 Å². The van der Waals surface area contributed by atoms with E-state index in [1.54, 1.807) is 6.20 Å². The highest BCUT2D eigenvalue weighted by atomic mass is 16.3. The molecule has 2 atom stereocenters. The number of aliphatic hydroxyl groups is 1. The highest BCUT2D eigenvalue weighted by Crippen LogP contribution is 2.48. The summed E-state index contributed by atoms with van der Waals surface area (Å²) in [5, 5.41) is 15.0. The number of anilines is 1. The Kier molecular flexibility index (Phi) is 5.35. The van der Waals surface area contributed by atoms with Gasteiger partial charge in [0.1, 0.15) is 11.4 Å². The lowest BCUT2D eigenvalue weighted by Crippen LogP contribution is -2.51.